The van der Waals surface area contributed by atoms with E-state index >= 15 is 0 Å². The van der Waals surface area contributed by atoms with Crippen LogP contribution in [0.15, 0.2) is 0 Å². The van der Waals surface area contributed by atoms with Gasteiger partial charge in [-0.15, -0.1) is 0 Å². The fourth-order valence-electron chi connectivity index (χ4n) is 1.84. The van der Waals surface area contributed by atoms with E-state index in [1.807, 2.05) is 13.8 Å². The zero-order valence-electron chi connectivity index (χ0n) is 9.36. The van der Waals surface area contributed by atoms with Crippen molar-refractivity contribution in [1.82, 2.24) is 0 Å². The van der Waals surface area contributed by atoms with Gasteiger partial charge in [0, 0.05) is 20.8 Å². The standard InChI is InChI=1S/C10H20O4/c1-5-13-10-8(11-3)6-14-7(2)9(10)12-4/h7-10H,5-6H2,1-4H3/t7?,8?,9-,10?/m0/s1. The quantitative estimate of drug-likeness (QED) is 0.680. The molecular weight excluding hydrogens is 184 g/mol. The molecule has 0 N–H and O–H groups in total. The SMILES string of the molecule is CCOC1C(OC)COC(C)[C@@H]1OC. The van der Waals surface area contributed by atoms with Crippen LogP contribution in [-0.2, 0) is 18.9 Å². The van der Waals surface area contributed by atoms with Gasteiger partial charge in [0.15, 0.2) is 0 Å². The maximum Gasteiger partial charge on any atom is 0.114 e. The van der Waals surface area contributed by atoms with Gasteiger partial charge in [0.1, 0.15) is 18.3 Å². The van der Waals surface area contributed by atoms with Crippen LogP contribution in [-0.4, -0.2) is 51.8 Å². The Morgan fingerprint density at radius 2 is 1.93 bits per heavy atom. The van der Waals surface area contributed by atoms with Crippen LogP contribution < -0.4 is 0 Å². The minimum absolute atomic E-state index is 0.0289. The molecule has 3 unspecified atom stereocenters. The molecule has 0 saturated carbocycles. The lowest BCUT2D eigenvalue weighted by molar-refractivity contribution is -0.212. The fourth-order valence-corrected chi connectivity index (χ4v) is 1.84. The van der Waals surface area contributed by atoms with Gasteiger partial charge in [0.2, 0.25) is 0 Å². The Bertz CT molecular complexity index is 162. The molecule has 1 heterocycles. The van der Waals surface area contributed by atoms with E-state index in [9.17, 15) is 0 Å². The number of methoxy groups -OCH3 is 2. The third-order valence-corrected chi connectivity index (χ3v) is 2.61. The third-order valence-electron chi connectivity index (χ3n) is 2.61. The second-order valence-corrected chi connectivity index (χ2v) is 3.43. The first kappa shape index (κ1) is 11.9. The van der Waals surface area contributed by atoms with Gasteiger partial charge in [-0.25, -0.2) is 0 Å². The van der Waals surface area contributed by atoms with E-state index in [2.05, 4.69) is 0 Å². The lowest BCUT2D eigenvalue weighted by Crippen LogP contribution is -2.54. The summed E-state index contributed by atoms with van der Waals surface area (Å²) < 4.78 is 21.8. The maximum absolute atomic E-state index is 5.63. The Morgan fingerprint density at radius 1 is 1.21 bits per heavy atom. The van der Waals surface area contributed by atoms with E-state index in [1.54, 1.807) is 14.2 Å². The second-order valence-electron chi connectivity index (χ2n) is 3.43. The minimum atomic E-state index is -0.0475. The molecule has 0 aromatic carbocycles. The minimum Gasteiger partial charge on any atom is -0.376 e. The van der Waals surface area contributed by atoms with Gasteiger partial charge < -0.3 is 18.9 Å². The molecular formula is C10H20O4. The molecule has 0 bridgehead atoms. The average Bonchev–Trinajstić information content (AvgIpc) is 2.19. The Hall–Kier alpha value is -0.160. The summed E-state index contributed by atoms with van der Waals surface area (Å²) in [6.45, 7) is 5.20. The zero-order chi connectivity index (χ0) is 10.6. The van der Waals surface area contributed by atoms with Crippen LogP contribution in [0.2, 0.25) is 0 Å². The van der Waals surface area contributed by atoms with Gasteiger partial charge in [-0.3, -0.25) is 0 Å². The van der Waals surface area contributed by atoms with Crippen molar-refractivity contribution in [2.75, 3.05) is 27.4 Å². The summed E-state index contributed by atoms with van der Waals surface area (Å²) in [5, 5.41) is 0. The summed E-state index contributed by atoms with van der Waals surface area (Å²) in [5.74, 6) is 0. The normalized spacial score (nSPS) is 38.6. The first-order valence-electron chi connectivity index (χ1n) is 5.03. The predicted octanol–water partition coefficient (Wildman–Crippen LogP) is 0.840. The molecule has 1 aliphatic rings. The van der Waals surface area contributed by atoms with Crippen molar-refractivity contribution in [1.29, 1.82) is 0 Å². The monoisotopic (exact) mass is 204 g/mol. The van der Waals surface area contributed by atoms with E-state index in [4.69, 9.17) is 18.9 Å². The van der Waals surface area contributed by atoms with Crippen molar-refractivity contribution in [3.8, 4) is 0 Å². The molecule has 4 atom stereocenters. The molecule has 0 amide bonds. The molecule has 4 heteroatoms. The van der Waals surface area contributed by atoms with Crippen molar-refractivity contribution in [3.63, 3.8) is 0 Å². The summed E-state index contributed by atoms with van der Waals surface area (Å²) in [4.78, 5) is 0. The summed E-state index contributed by atoms with van der Waals surface area (Å²) in [7, 11) is 3.34. The van der Waals surface area contributed by atoms with Gasteiger partial charge in [-0.2, -0.15) is 0 Å². The highest BCUT2D eigenvalue weighted by Crippen LogP contribution is 2.22. The van der Waals surface area contributed by atoms with E-state index in [-0.39, 0.29) is 24.4 Å². The number of rotatable bonds is 4. The topological polar surface area (TPSA) is 36.9 Å². The van der Waals surface area contributed by atoms with Gasteiger partial charge in [-0.1, -0.05) is 0 Å². The molecule has 84 valence electrons. The molecule has 0 spiro atoms. The summed E-state index contributed by atoms with van der Waals surface area (Å²) in [6.07, 6.45) is -0.0496. The molecule has 0 radical (unpaired) electrons. The number of hydrogen-bond donors (Lipinski definition) is 0. The first-order valence-corrected chi connectivity index (χ1v) is 5.03. The fraction of sp³-hybridized carbons (Fsp3) is 1.00. The molecule has 0 aromatic rings. The van der Waals surface area contributed by atoms with Gasteiger partial charge in [0.05, 0.1) is 12.7 Å². The summed E-state index contributed by atoms with van der Waals surface area (Å²) in [5.41, 5.74) is 0. The molecule has 4 nitrogen and oxygen atoms in total. The van der Waals surface area contributed by atoms with Gasteiger partial charge in [0.25, 0.3) is 0 Å². The lowest BCUT2D eigenvalue weighted by atomic mass is 10.0. The predicted molar refractivity (Wildman–Crippen MR) is 52.4 cm³/mol. The molecule has 14 heavy (non-hydrogen) atoms. The summed E-state index contributed by atoms with van der Waals surface area (Å²) >= 11 is 0. The second kappa shape index (κ2) is 5.66. The van der Waals surface area contributed by atoms with Gasteiger partial charge >= 0.3 is 0 Å². The molecule has 0 aliphatic carbocycles. The van der Waals surface area contributed by atoms with Crippen molar-refractivity contribution in [2.45, 2.75) is 38.3 Å². The van der Waals surface area contributed by atoms with Crippen LogP contribution in [0.25, 0.3) is 0 Å². The van der Waals surface area contributed by atoms with Gasteiger partial charge in [-0.05, 0) is 13.8 Å². The van der Waals surface area contributed by atoms with Crippen LogP contribution in [0.3, 0.4) is 0 Å². The molecule has 1 rings (SSSR count). The maximum atomic E-state index is 5.63. The van der Waals surface area contributed by atoms with E-state index in [0.717, 1.165) is 0 Å². The number of ether oxygens (including phenoxy) is 4. The largest absolute Gasteiger partial charge is 0.376 e. The Labute approximate surface area is 85.5 Å². The van der Waals surface area contributed by atoms with Crippen LogP contribution in [0, 0.1) is 0 Å². The zero-order valence-corrected chi connectivity index (χ0v) is 9.36. The van der Waals surface area contributed by atoms with Crippen LogP contribution in [0.4, 0.5) is 0 Å². The smallest absolute Gasteiger partial charge is 0.114 e. The molecule has 1 saturated heterocycles. The number of hydrogen-bond acceptors (Lipinski definition) is 4. The summed E-state index contributed by atoms with van der Waals surface area (Å²) in [6, 6.07) is 0. The molecule has 0 aromatic heterocycles. The van der Waals surface area contributed by atoms with Crippen LogP contribution in [0.1, 0.15) is 13.8 Å². The highest BCUT2D eigenvalue weighted by molar-refractivity contribution is 4.87. The Kier molecular flexibility index (Phi) is 4.81. The Morgan fingerprint density at radius 3 is 2.43 bits per heavy atom. The average molecular weight is 204 g/mol. The van der Waals surface area contributed by atoms with Crippen molar-refractivity contribution in [2.24, 2.45) is 0 Å². The van der Waals surface area contributed by atoms with E-state index in [0.29, 0.717) is 13.2 Å². The third kappa shape index (κ3) is 2.45. The lowest BCUT2D eigenvalue weighted by Gasteiger charge is -2.39. The first-order chi connectivity index (χ1) is 6.74. The molecule has 1 fully saturated rings. The van der Waals surface area contributed by atoms with Crippen molar-refractivity contribution >= 4 is 0 Å². The van der Waals surface area contributed by atoms with E-state index in [1.165, 1.54) is 0 Å². The van der Waals surface area contributed by atoms with Crippen molar-refractivity contribution < 1.29 is 18.9 Å². The highest BCUT2D eigenvalue weighted by Gasteiger charge is 2.39. The molecule has 1 aliphatic heterocycles. The van der Waals surface area contributed by atoms with E-state index < -0.39 is 0 Å². The van der Waals surface area contributed by atoms with Crippen LogP contribution in [0.5, 0.6) is 0 Å². The van der Waals surface area contributed by atoms with Crippen molar-refractivity contribution in [3.05, 3.63) is 0 Å². The highest BCUT2D eigenvalue weighted by atomic mass is 16.6. The Balaban J connectivity index is 2.64. The van der Waals surface area contributed by atoms with Crippen LogP contribution >= 0.6 is 0 Å².